The first-order valence-corrected chi connectivity index (χ1v) is 6.72. The van der Waals surface area contributed by atoms with Crippen molar-refractivity contribution < 1.29 is 14.6 Å². The van der Waals surface area contributed by atoms with Crippen LogP contribution in [0.25, 0.3) is 0 Å². The standard InChI is InChI=1S/C16H19N3O3/c1-9-6-13(14(8-15(9)21)18-10(2)20)19-12-5-4-11(17)7-16(12)22-3/h4-8,19,21H,17H2,1-3H3,(H,18,20). The van der Waals surface area contributed by atoms with Crippen LogP contribution in [-0.4, -0.2) is 18.1 Å². The first-order valence-electron chi connectivity index (χ1n) is 6.72. The molecule has 5 N–H and O–H groups in total. The lowest BCUT2D eigenvalue weighted by Crippen LogP contribution is -2.08. The van der Waals surface area contributed by atoms with Crippen LogP contribution >= 0.6 is 0 Å². The number of benzene rings is 2. The van der Waals surface area contributed by atoms with Gasteiger partial charge < -0.3 is 26.2 Å². The van der Waals surface area contributed by atoms with Gasteiger partial charge in [0.1, 0.15) is 11.5 Å². The molecular formula is C16H19N3O3. The van der Waals surface area contributed by atoms with Crippen LogP contribution in [0.4, 0.5) is 22.7 Å². The van der Waals surface area contributed by atoms with E-state index in [-0.39, 0.29) is 11.7 Å². The minimum atomic E-state index is -0.226. The number of rotatable bonds is 4. The summed E-state index contributed by atoms with van der Waals surface area (Å²) in [5.74, 6) is 0.466. The summed E-state index contributed by atoms with van der Waals surface area (Å²) in [4.78, 5) is 11.3. The molecule has 22 heavy (non-hydrogen) atoms. The van der Waals surface area contributed by atoms with Gasteiger partial charge in [0.05, 0.1) is 24.2 Å². The number of phenols is 1. The van der Waals surface area contributed by atoms with Crippen molar-refractivity contribution in [2.45, 2.75) is 13.8 Å². The molecule has 116 valence electrons. The van der Waals surface area contributed by atoms with Gasteiger partial charge in [-0.2, -0.15) is 0 Å². The van der Waals surface area contributed by atoms with Gasteiger partial charge in [-0.1, -0.05) is 0 Å². The molecule has 2 aromatic carbocycles. The van der Waals surface area contributed by atoms with Crippen molar-refractivity contribution in [3.8, 4) is 11.5 Å². The molecule has 0 saturated heterocycles. The molecule has 0 radical (unpaired) electrons. The van der Waals surface area contributed by atoms with E-state index in [1.54, 1.807) is 38.3 Å². The summed E-state index contributed by atoms with van der Waals surface area (Å²) in [6, 6.07) is 8.48. The molecule has 0 spiro atoms. The summed E-state index contributed by atoms with van der Waals surface area (Å²) < 4.78 is 5.29. The van der Waals surface area contributed by atoms with E-state index >= 15 is 0 Å². The number of ether oxygens (including phenoxy) is 1. The van der Waals surface area contributed by atoms with Gasteiger partial charge in [0.2, 0.25) is 5.91 Å². The molecule has 0 saturated carbocycles. The van der Waals surface area contributed by atoms with Gasteiger partial charge in [-0.3, -0.25) is 4.79 Å². The molecule has 0 bridgehead atoms. The molecule has 0 atom stereocenters. The Bertz CT molecular complexity index is 714. The molecule has 6 nitrogen and oxygen atoms in total. The van der Waals surface area contributed by atoms with Gasteiger partial charge in [-0.15, -0.1) is 0 Å². The number of methoxy groups -OCH3 is 1. The monoisotopic (exact) mass is 301 g/mol. The predicted octanol–water partition coefficient (Wildman–Crippen LogP) is 2.99. The second kappa shape index (κ2) is 6.26. The van der Waals surface area contributed by atoms with Crippen molar-refractivity contribution >= 4 is 28.7 Å². The smallest absolute Gasteiger partial charge is 0.221 e. The molecule has 0 aliphatic carbocycles. The van der Waals surface area contributed by atoms with Gasteiger partial charge >= 0.3 is 0 Å². The molecule has 0 aliphatic heterocycles. The van der Waals surface area contributed by atoms with E-state index in [0.29, 0.717) is 34.1 Å². The van der Waals surface area contributed by atoms with Crippen LogP contribution in [0.2, 0.25) is 0 Å². The molecule has 2 rings (SSSR count). The number of phenolic OH excluding ortho intramolecular Hbond substituents is 1. The molecule has 0 fully saturated rings. The highest BCUT2D eigenvalue weighted by atomic mass is 16.5. The summed E-state index contributed by atoms with van der Waals surface area (Å²) in [5.41, 5.74) is 8.84. The number of amides is 1. The minimum Gasteiger partial charge on any atom is -0.508 e. The largest absolute Gasteiger partial charge is 0.508 e. The predicted molar refractivity (Wildman–Crippen MR) is 87.8 cm³/mol. The summed E-state index contributed by atoms with van der Waals surface area (Å²) in [5, 5.41) is 15.7. The fraction of sp³-hybridized carbons (Fsp3) is 0.188. The molecular weight excluding hydrogens is 282 g/mol. The summed E-state index contributed by atoms with van der Waals surface area (Å²) in [6.45, 7) is 3.18. The van der Waals surface area contributed by atoms with Crippen LogP contribution < -0.4 is 21.1 Å². The van der Waals surface area contributed by atoms with E-state index in [2.05, 4.69) is 10.6 Å². The Morgan fingerprint density at radius 2 is 1.91 bits per heavy atom. The Hall–Kier alpha value is -2.89. The van der Waals surface area contributed by atoms with Crippen molar-refractivity contribution in [2.24, 2.45) is 0 Å². The van der Waals surface area contributed by atoms with E-state index in [9.17, 15) is 9.90 Å². The number of anilines is 4. The van der Waals surface area contributed by atoms with E-state index in [0.717, 1.165) is 0 Å². The van der Waals surface area contributed by atoms with Crippen molar-refractivity contribution in [3.05, 3.63) is 35.9 Å². The average molecular weight is 301 g/mol. The van der Waals surface area contributed by atoms with Crippen molar-refractivity contribution in [3.63, 3.8) is 0 Å². The van der Waals surface area contributed by atoms with E-state index in [4.69, 9.17) is 10.5 Å². The van der Waals surface area contributed by atoms with Crippen LogP contribution in [0.15, 0.2) is 30.3 Å². The molecule has 0 heterocycles. The Morgan fingerprint density at radius 3 is 2.55 bits per heavy atom. The molecule has 0 aliphatic rings. The third kappa shape index (κ3) is 3.41. The second-order valence-electron chi connectivity index (χ2n) is 4.95. The Morgan fingerprint density at radius 1 is 1.18 bits per heavy atom. The molecule has 2 aromatic rings. The normalized spacial score (nSPS) is 10.1. The maximum Gasteiger partial charge on any atom is 0.221 e. The van der Waals surface area contributed by atoms with E-state index < -0.39 is 0 Å². The van der Waals surface area contributed by atoms with Gasteiger partial charge in [0, 0.05) is 24.7 Å². The first kappa shape index (κ1) is 15.5. The molecule has 0 unspecified atom stereocenters. The minimum absolute atomic E-state index is 0.110. The number of carbonyl (C=O) groups is 1. The molecule has 6 heteroatoms. The number of aromatic hydroxyl groups is 1. The number of nitrogens with one attached hydrogen (secondary N) is 2. The van der Waals surface area contributed by atoms with Crippen molar-refractivity contribution in [1.82, 2.24) is 0 Å². The zero-order valence-electron chi connectivity index (χ0n) is 12.7. The van der Waals surface area contributed by atoms with Gasteiger partial charge in [0.15, 0.2) is 0 Å². The number of hydrogen-bond acceptors (Lipinski definition) is 5. The Labute approximate surface area is 128 Å². The Balaban J connectivity index is 2.44. The zero-order chi connectivity index (χ0) is 16.3. The van der Waals surface area contributed by atoms with Crippen molar-refractivity contribution in [2.75, 3.05) is 23.5 Å². The number of aryl methyl sites for hydroxylation is 1. The number of nitrogen functional groups attached to an aromatic ring is 1. The van der Waals surface area contributed by atoms with Crippen LogP contribution in [0.1, 0.15) is 12.5 Å². The molecule has 0 aromatic heterocycles. The van der Waals surface area contributed by atoms with Gasteiger partial charge in [-0.05, 0) is 30.7 Å². The van der Waals surface area contributed by atoms with Crippen LogP contribution in [-0.2, 0) is 4.79 Å². The lowest BCUT2D eigenvalue weighted by molar-refractivity contribution is -0.114. The number of carbonyl (C=O) groups excluding carboxylic acids is 1. The first-order chi connectivity index (χ1) is 10.4. The van der Waals surface area contributed by atoms with Crippen LogP contribution in [0.5, 0.6) is 11.5 Å². The summed E-state index contributed by atoms with van der Waals surface area (Å²) in [7, 11) is 1.55. The second-order valence-corrected chi connectivity index (χ2v) is 4.95. The lowest BCUT2D eigenvalue weighted by Gasteiger charge is -2.16. The third-order valence-electron chi connectivity index (χ3n) is 3.14. The van der Waals surface area contributed by atoms with Gasteiger partial charge in [-0.25, -0.2) is 0 Å². The maximum atomic E-state index is 11.3. The highest BCUT2D eigenvalue weighted by Gasteiger charge is 2.11. The average Bonchev–Trinajstić information content (AvgIpc) is 2.45. The summed E-state index contributed by atoms with van der Waals surface area (Å²) >= 11 is 0. The third-order valence-corrected chi connectivity index (χ3v) is 3.14. The fourth-order valence-electron chi connectivity index (χ4n) is 2.05. The number of nitrogens with two attached hydrogens (primary N) is 1. The Kier molecular flexibility index (Phi) is 4.41. The van der Waals surface area contributed by atoms with Crippen molar-refractivity contribution in [1.29, 1.82) is 0 Å². The highest BCUT2D eigenvalue weighted by Crippen LogP contribution is 2.35. The van der Waals surface area contributed by atoms with E-state index in [1.165, 1.54) is 13.0 Å². The zero-order valence-corrected chi connectivity index (χ0v) is 12.7. The lowest BCUT2D eigenvalue weighted by atomic mass is 10.1. The topological polar surface area (TPSA) is 96.6 Å². The molecule has 1 amide bonds. The summed E-state index contributed by atoms with van der Waals surface area (Å²) in [6.07, 6.45) is 0. The number of hydrogen-bond donors (Lipinski definition) is 4. The highest BCUT2D eigenvalue weighted by molar-refractivity contribution is 5.94. The quantitative estimate of drug-likeness (QED) is 0.514. The van der Waals surface area contributed by atoms with Crippen LogP contribution in [0, 0.1) is 6.92 Å². The fourth-order valence-corrected chi connectivity index (χ4v) is 2.05. The SMILES string of the molecule is COc1cc(N)ccc1Nc1cc(C)c(O)cc1NC(C)=O. The maximum absolute atomic E-state index is 11.3. The van der Waals surface area contributed by atoms with Crippen LogP contribution in [0.3, 0.4) is 0 Å². The van der Waals surface area contributed by atoms with Gasteiger partial charge in [0.25, 0.3) is 0 Å². The van der Waals surface area contributed by atoms with E-state index in [1.807, 2.05) is 0 Å².